The molecule has 1 nitrogen and oxygen atoms in total. The first-order valence-electron chi connectivity index (χ1n) is 5.32. The number of carbonyl (C=O) groups is 1. The van der Waals surface area contributed by atoms with Crippen LogP contribution in [0.4, 0.5) is 0 Å². The largest absolute Gasteiger partial charge is 0.298 e. The minimum Gasteiger partial charge on any atom is -0.298 e. The first-order chi connectivity index (χ1) is 7.36. The lowest BCUT2D eigenvalue weighted by Gasteiger charge is -2.08. The van der Waals surface area contributed by atoms with Crippen molar-refractivity contribution in [2.45, 2.75) is 19.8 Å². The number of fused-ring (bicyclic) bond motifs is 1. The van der Waals surface area contributed by atoms with E-state index in [1.807, 2.05) is 24.3 Å². The average Bonchev–Trinajstić information content (AvgIpc) is 2.30. The number of rotatable bonds is 3. The molecule has 0 atom stereocenters. The van der Waals surface area contributed by atoms with Crippen LogP contribution in [0.3, 0.4) is 0 Å². The molecule has 0 aliphatic rings. The van der Waals surface area contributed by atoms with Crippen LogP contribution in [-0.4, -0.2) is 6.29 Å². The highest BCUT2D eigenvalue weighted by Gasteiger charge is 2.05. The third-order valence-electron chi connectivity index (χ3n) is 2.70. The van der Waals surface area contributed by atoms with E-state index in [-0.39, 0.29) is 0 Å². The molecule has 2 aromatic rings. The number of benzene rings is 2. The molecule has 2 rings (SSSR count). The summed E-state index contributed by atoms with van der Waals surface area (Å²) in [5, 5.41) is 2.43. The highest BCUT2D eigenvalue weighted by Crippen LogP contribution is 2.22. The van der Waals surface area contributed by atoms with Crippen LogP contribution in [0.5, 0.6) is 0 Å². The van der Waals surface area contributed by atoms with Crippen LogP contribution in [0.25, 0.3) is 10.8 Å². The van der Waals surface area contributed by atoms with Crippen LogP contribution in [-0.2, 0) is 6.42 Å². The first-order valence-corrected chi connectivity index (χ1v) is 5.32. The average molecular weight is 198 g/mol. The molecule has 1 heteroatoms. The van der Waals surface area contributed by atoms with E-state index in [9.17, 15) is 4.79 Å². The van der Waals surface area contributed by atoms with Crippen LogP contribution >= 0.6 is 0 Å². The van der Waals surface area contributed by atoms with Gasteiger partial charge < -0.3 is 0 Å². The Labute approximate surface area is 89.7 Å². The molecule has 0 heterocycles. The number of aldehydes is 1. The van der Waals surface area contributed by atoms with E-state index in [4.69, 9.17) is 0 Å². The molecule has 0 amide bonds. The molecule has 0 N–H and O–H groups in total. The standard InChI is InChI=1S/C14H14O/c1-2-5-13-12(10-15)9-8-11-6-3-4-7-14(11)13/h3-4,6-10H,2,5H2,1H3. The molecule has 0 aliphatic carbocycles. The fourth-order valence-electron chi connectivity index (χ4n) is 1.99. The third kappa shape index (κ3) is 1.78. The maximum absolute atomic E-state index is 10.9. The second-order valence-electron chi connectivity index (χ2n) is 3.72. The Morgan fingerprint density at radius 1 is 1.13 bits per heavy atom. The lowest BCUT2D eigenvalue weighted by Crippen LogP contribution is -1.93. The van der Waals surface area contributed by atoms with E-state index in [0.717, 1.165) is 24.7 Å². The van der Waals surface area contributed by atoms with Gasteiger partial charge in [0.2, 0.25) is 0 Å². The molecule has 0 bridgehead atoms. The summed E-state index contributed by atoms with van der Waals surface area (Å²) in [6, 6.07) is 12.2. The van der Waals surface area contributed by atoms with E-state index < -0.39 is 0 Å². The fourth-order valence-corrected chi connectivity index (χ4v) is 1.99. The summed E-state index contributed by atoms with van der Waals surface area (Å²) in [5.74, 6) is 0. The van der Waals surface area contributed by atoms with Crippen molar-refractivity contribution in [3.8, 4) is 0 Å². The molecule has 0 spiro atoms. The first kappa shape index (κ1) is 9.91. The summed E-state index contributed by atoms with van der Waals surface area (Å²) >= 11 is 0. The van der Waals surface area contributed by atoms with Crippen LogP contribution in [0.2, 0.25) is 0 Å². The summed E-state index contributed by atoms with van der Waals surface area (Å²) in [6.07, 6.45) is 2.99. The molecule has 0 aromatic heterocycles. The Hall–Kier alpha value is -1.63. The monoisotopic (exact) mass is 198 g/mol. The Morgan fingerprint density at radius 3 is 2.67 bits per heavy atom. The van der Waals surface area contributed by atoms with Crippen LogP contribution < -0.4 is 0 Å². The molecule has 0 saturated carbocycles. The van der Waals surface area contributed by atoms with Crippen molar-refractivity contribution in [1.29, 1.82) is 0 Å². The molecule has 15 heavy (non-hydrogen) atoms. The topological polar surface area (TPSA) is 17.1 Å². The Bertz CT molecular complexity index is 486. The van der Waals surface area contributed by atoms with Gasteiger partial charge in [-0.25, -0.2) is 0 Å². The molecule has 0 radical (unpaired) electrons. The van der Waals surface area contributed by atoms with Gasteiger partial charge >= 0.3 is 0 Å². The summed E-state index contributed by atoms with van der Waals surface area (Å²) in [7, 11) is 0. The molecule has 0 unspecified atom stereocenters. The van der Waals surface area contributed by atoms with E-state index in [1.54, 1.807) is 0 Å². The van der Waals surface area contributed by atoms with Gasteiger partial charge in [0.05, 0.1) is 0 Å². The number of hydrogen-bond donors (Lipinski definition) is 0. The van der Waals surface area contributed by atoms with Gasteiger partial charge in [0, 0.05) is 5.56 Å². The van der Waals surface area contributed by atoms with E-state index in [0.29, 0.717) is 0 Å². The highest BCUT2D eigenvalue weighted by atomic mass is 16.1. The van der Waals surface area contributed by atoms with Crippen molar-refractivity contribution in [3.05, 3.63) is 47.5 Å². The molecule has 2 aromatic carbocycles. The van der Waals surface area contributed by atoms with Gasteiger partial charge in [-0.3, -0.25) is 4.79 Å². The van der Waals surface area contributed by atoms with Gasteiger partial charge in [-0.15, -0.1) is 0 Å². The minimum atomic E-state index is 0.829. The highest BCUT2D eigenvalue weighted by molar-refractivity contribution is 5.93. The summed E-state index contributed by atoms with van der Waals surface area (Å²) in [5.41, 5.74) is 2.01. The zero-order valence-corrected chi connectivity index (χ0v) is 8.86. The van der Waals surface area contributed by atoms with Crippen molar-refractivity contribution in [3.63, 3.8) is 0 Å². The summed E-state index contributed by atoms with van der Waals surface area (Å²) in [6.45, 7) is 2.14. The molecular weight excluding hydrogens is 184 g/mol. The van der Waals surface area contributed by atoms with Crippen LogP contribution in [0.1, 0.15) is 29.3 Å². The van der Waals surface area contributed by atoms with Gasteiger partial charge in [0.1, 0.15) is 6.29 Å². The van der Waals surface area contributed by atoms with E-state index >= 15 is 0 Å². The van der Waals surface area contributed by atoms with Gasteiger partial charge in [-0.05, 0) is 22.8 Å². The predicted molar refractivity (Wildman–Crippen MR) is 63.3 cm³/mol. The van der Waals surface area contributed by atoms with Crippen molar-refractivity contribution in [2.24, 2.45) is 0 Å². The lowest BCUT2D eigenvalue weighted by atomic mass is 9.96. The third-order valence-corrected chi connectivity index (χ3v) is 2.70. The Kier molecular flexibility index (Phi) is 2.82. The zero-order chi connectivity index (χ0) is 10.7. The SMILES string of the molecule is CCCc1c(C=O)ccc2ccccc12. The maximum atomic E-state index is 10.9. The van der Waals surface area contributed by atoms with Crippen LogP contribution in [0, 0.1) is 0 Å². The maximum Gasteiger partial charge on any atom is 0.150 e. The van der Waals surface area contributed by atoms with Crippen molar-refractivity contribution in [1.82, 2.24) is 0 Å². The molecule has 76 valence electrons. The quantitative estimate of drug-likeness (QED) is 0.688. The molecule has 0 aliphatic heterocycles. The number of carbonyl (C=O) groups excluding carboxylic acids is 1. The second-order valence-corrected chi connectivity index (χ2v) is 3.72. The smallest absolute Gasteiger partial charge is 0.150 e. The van der Waals surface area contributed by atoms with Crippen molar-refractivity contribution >= 4 is 17.1 Å². The second kappa shape index (κ2) is 4.26. The van der Waals surface area contributed by atoms with E-state index in [1.165, 1.54) is 16.3 Å². The zero-order valence-electron chi connectivity index (χ0n) is 8.86. The van der Waals surface area contributed by atoms with Crippen molar-refractivity contribution < 1.29 is 4.79 Å². The number of aryl methyl sites for hydroxylation is 1. The van der Waals surface area contributed by atoms with E-state index in [2.05, 4.69) is 19.1 Å². The predicted octanol–water partition coefficient (Wildman–Crippen LogP) is 3.60. The fraction of sp³-hybridized carbons (Fsp3) is 0.214. The van der Waals surface area contributed by atoms with Crippen LogP contribution in [0.15, 0.2) is 36.4 Å². The van der Waals surface area contributed by atoms with Gasteiger partial charge in [-0.1, -0.05) is 49.7 Å². The van der Waals surface area contributed by atoms with Crippen molar-refractivity contribution in [2.75, 3.05) is 0 Å². The Balaban J connectivity index is 2.72. The minimum absolute atomic E-state index is 0.829. The molecular formula is C14H14O. The van der Waals surface area contributed by atoms with Gasteiger partial charge in [0.25, 0.3) is 0 Å². The van der Waals surface area contributed by atoms with Gasteiger partial charge in [0.15, 0.2) is 0 Å². The normalized spacial score (nSPS) is 10.5. The molecule has 0 saturated heterocycles. The summed E-state index contributed by atoms with van der Waals surface area (Å²) < 4.78 is 0. The number of hydrogen-bond acceptors (Lipinski definition) is 1. The molecule has 0 fully saturated rings. The van der Waals surface area contributed by atoms with Gasteiger partial charge in [-0.2, -0.15) is 0 Å². The summed E-state index contributed by atoms with van der Waals surface area (Å²) in [4.78, 5) is 10.9. The Morgan fingerprint density at radius 2 is 1.93 bits per heavy atom. The lowest BCUT2D eigenvalue weighted by molar-refractivity contribution is 0.112.